The molecule has 0 N–H and O–H groups in total. The number of carbonyl (C=O) groups is 1. The Morgan fingerprint density at radius 1 is 1.22 bits per heavy atom. The van der Waals surface area contributed by atoms with Crippen molar-refractivity contribution in [3.05, 3.63) is 35.9 Å². The van der Waals surface area contributed by atoms with Gasteiger partial charge in [-0.3, -0.25) is 4.79 Å². The lowest BCUT2D eigenvalue weighted by molar-refractivity contribution is 0.0136. The molecule has 0 aliphatic carbocycles. The van der Waals surface area contributed by atoms with Crippen LogP contribution in [0.1, 0.15) is 38.1 Å². The lowest BCUT2D eigenvalue weighted by atomic mass is 10.1. The highest BCUT2D eigenvalue weighted by atomic mass is 32.2. The highest BCUT2D eigenvalue weighted by molar-refractivity contribution is 7.99. The number of hydrogen-bond donors (Lipinski definition) is 0. The standard InChI is InChI=1S/C15H22O2S/c1-5-18-13(4)11(2)17-12(3)15(16)14-9-7-6-8-10-14/h6-13H,5H2,1-4H3. The predicted octanol–water partition coefficient (Wildman–Crippen LogP) is 3.80. The molecule has 1 rings (SSSR count). The van der Waals surface area contributed by atoms with E-state index in [1.165, 1.54) is 0 Å². The molecular weight excluding hydrogens is 244 g/mol. The van der Waals surface area contributed by atoms with E-state index < -0.39 is 0 Å². The minimum absolute atomic E-state index is 0.0520. The second-order valence-electron chi connectivity index (χ2n) is 4.37. The van der Waals surface area contributed by atoms with Gasteiger partial charge in [-0.05, 0) is 19.6 Å². The van der Waals surface area contributed by atoms with Crippen molar-refractivity contribution in [1.82, 2.24) is 0 Å². The number of hydrogen-bond acceptors (Lipinski definition) is 3. The maximum atomic E-state index is 12.1. The van der Waals surface area contributed by atoms with Crippen LogP contribution in [0.25, 0.3) is 0 Å². The van der Waals surface area contributed by atoms with Gasteiger partial charge in [-0.15, -0.1) is 0 Å². The summed E-state index contributed by atoms with van der Waals surface area (Å²) in [5.74, 6) is 1.12. The first-order valence-electron chi connectivity index (χ1n) is 6.42. The Kier molecular flexibility index (Phi) is 6.44. The van der Waals surface area contributed by atoms with Gasteiger partial charge in [0.2, 0.25) is 0 Å². The zero-order chi connectivity index (χ0) is 13.5. The van der Waals surface area contributed by atoms with Crippen molar-refractivity contribution in [2.75, 3.05) is 5.75 Å². The Morgan fingerprint density at radius 2 is 1.83 bits per heavy atom. The fourth-order valence-corrected chi connectivity index (χ4v) is 2.59. The molecule has 0 saturated carbocycles. The molecule has 0 bridgehead atoms. The van der Waals surface area contributed by atoms with E-state index in [2.05, 4.69) is 13.8 Å². The molecule has 3 atom stereocenters. The van der Waals surface area contributed by atoms with Crippen LogP contribution in [0.4, 0.5) is 0 Å². The molecule has 2 nitrogen and oxygen atoms in total. The molecule has 0 heterocycles. The zero-order valence-electron chi connectivity index (χ0n) is 11.6. The van der Waals surface area contributed by atoms with Gasteiger partial charge in [0, 0.05) is 10.8 Å². The average molecular weight is 266 g/mol. The third kappa shape index (κ3) is 4.46. The van der Waals surface area contributed by atoms with Crippen LogP contribution in [0.2, 0.25) is 0 Å². The summed E-state index contributed by atoms with van der Waals surface area (Å²) < 4.78 is 5.81. The average Bonchev–Trinajstić information content (AvgIpc) is 2.39. The van der Waals surface area contributed by atoms with Crippen LogP contribution in [0.15, 0.2) is 30.3 Å². The van der Waals surface area contributed by atoms with Gasteiger partial charge < -0.3 is 4.74 Å². The Labute approximate surface area is 114 Å². The van der Waals surface area contributed by atoms with E-state index in [4.69, 9.17) is 4.74 Å². The molecular formula is C15H22O2S. The molecule has 3 unspecified atom stereocenters. The van der Waals surface area contributed by atoms with Crippen molar-refractivity contribution in [2.45, 2.75) is 45.2 Å². The number of ketones is 1. The third-order valence-corrected chi connectivity index (χ3v) is 4.18. The van der Waals surface area contributed by atoms with Crippen LogP contribution >= 0.6 is 11.8 Å². The van der Waals surface area contributed by atoms with Crippen molar-refractivity contribution in [2.24, 2.45) is 0 Å². The summed E-state index contributed by atoms with van der Waals surface area (Å²) >= 11 is 1.85. The van der Waals surface area contributed by atoms with Gasteiger partial charge >= 0.3 is 0 Å². The van der Waals surface area contributed by atoms with E-state index >= 15 is 0 Å². The molecule has 1 aromatic carbocycles. The summed E-state index contributed by atoms with van der Waals surface area (Å²) in [4.78, 5) is 12.1. The largest absolute Gasteiger partial charge is 0.366 e. The Hall–Kier alpha value is -0.800. The highest BCUT2D eigenvalue weighted by Gasteiger charge is 2.21. The number of thioether (sulfide) groups is 1. The van der Waals surface area contributed by atoms with Crippen LogP contribution in [-0.4, -0.2) is 29.0 Å². The van der Waals surface area contributed by atoms with E-state index in [1.807, 2.05) is 55.9 Å². The highest BCUT2D eigenvalue weighted by Crippen LogP contribution is 2.18. The molecule has 0 amide bonds. The molecule has 0 spiro atoms. The zero-order valence-corrected chi connectivity index (χ0v) is 12.4. The number of rotatable bonds is 7. The van der Waals surface area contributed by atoms with Crippen molar-refractivity contribution in [3.8, 4) is 0 Å². The summed E-state index contributed by atoms with van der Waals surface area (Å²) in [7, 11) is 0. The van der Waals surface area contributed by atoms with Crippen molar-refractivity contribution in [3.63, 3.8) is 0 Å². The Balaban J connectivity index is 2.55. The first-order chi connectivity index (χ1) is 8.56. The van der Waals surface area contributed by atoms with E-state index in [0.29, 0.717) is 10.8 Å². The van der Waals surface area contributed by atoms with E-state index in [1.54, 1.807) is 0 Å². The number of Topliss-reactive ketones (excluding diaryl/α,β-unsaturated/α-hetero) is 1. The fraction of sp³-hybridized carbons (Fsp3) is 0.533. The minimum Gasteiger partial charge on any atom is -0.366 e. The van der Waals surface area contributed by atoms with Crippen LogP contribution in [0.5, 0.6) is 0 Å². The molecule has 0 aliphatic heterocycles. The van der Waals surface area contributed by atoms with Gasteiger partial charge in [-0.2, -0.15) is 11.8 Å². The minimum atomic E-state index is -0.387. The number of carbonyl (C=O) groups excluding carboxylic acids is 1. The maximum Gasteiger partial charge on any atom is 0.191 e. The Morgan fingerprint density at radius 3 is 2.39 bits per heavy atom. The molecule has 3 heteroatoms. The lowest BCUT2D eigenvalue weighted by Gasteiger charge is -2.23. The summed E-state index contributed by atoms with van der Waals surface area (Å²) in [6, 6.07) is 9.32. The molecule has 100 valence electrons. The van der Waals surface area contributed by atoms with E-state index in [-0.39, 0.29) is 18.0 Å². The number of ether oxygens (including phenoxy) is 1. The van der Waals surface area contributed by atoms with Crippen LogP contribution < -0.4 is 0 Å². The molecule has 0 aliphatic rings. The summed E-state index contributed by atoms with van der Waals surface area (Å²) in [6.45, 7) is 8.13. The molecule has 1 aromatic rings. The van der Waals surface area contributed by atoms with Gasteiger partial charge in [0.25, 0.3) is 0 Å². The smallest absolute Gasteiger partial charge is 0.191 e. The quantitative estimate of drug-likeness (QED) is 0.702. The summed E-state index contributed by atoms with van der Waals surface area (Å²) in [6.07, 6.45) is -0.306. The fourth-order valence-electron chi connectivity index (χ4n) is 1.73. The SMILES string of the molecule is CCSC(C)C(C)OC(C)C(=O)c1ccccc1. The van der Waals surface area contributed by atoms with E-state index in [9.17, 15) is 4.79 Å². The Bertz CT molecular complexity index is 364. The maximum absolute atomic E-state index is 12.1. The molecule has 0 saturated heterocycles. The van der Waals surface area contributed by atoms with Crippen LogP contribution in [0.3, 0.4) is 0 Å². The van der Waals surface area contributed by atoms with E-state index in [0.717, 1.165) is 5.75 Å². The number of benzene rings is 1. The molecule has 0 radical (unpaired) electrons. The van der Waals surface area contributed by atoms with Gasteiger partial charge in [-0.25, -0.2) is 0 Å². The van der Waals surface area contributed by atoms with Crippen LogP contribution in [0, 0.1) is 0 Å². The molecule has 0 fully saturated rings. The molecule has 18 heavy (non-hydrogen) atoms. The lowest BCUT2D eigenvalue weighted by Crippen LogP contribution is -2.30. The normalized spacial score (nSPS) is 16.0. The predicted molar refractivity (Wildman–Crippen MR) is 78.4 cm³/mol. The van der Waals surface area contributed by atoms with Crippen LogP contribution in [-0.2, 0) is 4.74 Å². The second kappa shape index (κ2) is 7.59. The van der Waals surface area contributed by atoms with Gasteiger partial charge in [0.1, 0.15) is 6.10 Å². The monoisotopic (exact) mass is 266 g/mol. The first kappa shape index (κ1) is 15.3. The second-order valence-corrected chi connectivity index (χ2v) is 6.03. The third-order valence-electron chi connectivity index (χ3n) is 2.94. The first-order valence-corrected chi connectivity index (χ1v) is 7.47. The topological polar surface area (TPSA) is 26.3 Å². The van der Waals surface area contributed by atoms with Gasteiger partial charge in [0.05, 0.1) is 6.10 Å². The summed E-state index contributed by atoms with van der Waals surface area (Å²) in [5, 5.41) is 0.404. The van der Waals surface area contributed by atoms with Gasteiger partial charge in [0.15, 0.2) is 5.78 Å². The van der Waals surface area contributed by atoms with Crippen molar-refractivity contribution < 1.29 is 9.53 Å². The summed E-state index contributed by atoms with van der Waals surface area (Å²) in [5.41, 5.74) is 0.716. The molecule has 0 aromatic heterocycles. The van der Waals surface area contributed by atoms with Crippen molar-refractivity contribution in [1.29, 1.82) is 0 Å². The van der Waals surface area contributed by atoms with Crippen molar-refractivity contribution >= 4 is 17.5 Å². The van der Waals surface area contributed by atoms with Gasteiger partial charge in [-0.1, -0.05) is 44.2 Å².